The molecule has 0 fully saturated rings. The highest BCUT2D eigenvalue weighted by Gasteiger charge is 2.28. The average Bonchev–Trinajstić information content (AvgIpc) is 3.32. The molecule has 30 heavy (non-hydrogen) atoms. The minimum Gasteiger partial charge on any atom is -0.397 e. The third kappa shape index (κ3) is 2.15. The molecular weight excluding hydrogens is 370 g/mol. The van der Waals surface area contributed by atoms with Crippen molar-refractivity contribution in [1.29, 1.82) is 5.41 Å². The zero-order valence-electron chi connectivity index (χ0n) is 16.6. The second kappa shape index (κ2) is 5.89. The molecule has 2 aliphatic rings. The summed E-state index contributed by atoms with van der Waals surface area (Å²) < 4.78 is 0. The van der Waals surface area contributed by atoms with Crippen molar-refractivity contribution in [2.45, 2.75) is 25.7 Å². The highest BCUT2D eigenvalue weighted by Crippen LogP contribution is 2.47. The van der Waals surface area contributed by atoms with Crippen LogP contribution >= 0.6 is 0 Å². The highest BCUT2D eigenvalue weighted by molar-refractivity contribution is 6.19. The smallest absolute Gasteiger partial charge is 0.197 e. The Kier molecular flexibility index (Phi) is 3.37. The molecule has 0 saturated carbocycles. The Morgan fingerprint density at radius 2 is 1.13 bits per heavy atom. The molecule has 0 aliphatic heterocycles. The number of guanidine groups is 1. The van der Waals surface area contributed by atoms with Crippen molar-refractivity contribution in [3.63, 3.8) is 0 Å². The fraction of sp³-hybridized carbons (Fsp3) is 0.160. The minimum absolute atomic E-state index is 0.0919. The predicted octanol–water partition coefficient (Wildman–Crippen LogP) is 4.39. The molecule has 0 amide bonds. The van der Waals surface area contributed by atoms with Gasteiger partial charge in [-0.3, -0.25) is 10.3 Å². The number of nitrogens with one attached hydrogen (secondary N) is 1. The van der Waals surface area contributed by atoms with Gasteiger partial charge in [-0.2, -0.15) is 0 Å². The predicted molar refractivity (Wildman–Crippen MR) is 126 cm³/mol. The monoisotopic (exact) mass is 393 g/mol. The van der Waals surface area contributed by atoms with E-state index in [0.717, 1.165) is 47.8 Å². The third-order valence-electron chi connectivity index (χ3n) is 6.68. The van der Waals surface area contributed by atoms with Crippen molar-refractivity contribution in [3.8, 4) is 0 Å². The molecule has 0 heterocycles. The molecule has 148 valence electrons. The molecule has 5 heteroatoms. The molecule has 0 saturated heterocycles. The number of nitrogens with two attached hydrogens (primary N) is 3. The van der Waals surface area contributed by atoms with Crippen LogP contribution in [0.2, 0.25) is 0 Å². The standard InChI is InChI=1S/C25H23N5/c26-19-11-15-9-7-13-3-1-5-17(21(13)15)23(19)30(25(28)29)24-18-6-2-4-14-8-10-16(22(14)18)12-20(24)27/h1-6,11-12H,7-10,26-27H2,(H3,28,29). The van der Waals surface area contributed by atoms with Crippen LogP contribution in [0.4, 0.5) is 22.7 Å². The van der Waals surface area contributed by atoms with Crippen LogP contribution in [0, 0.1) is 5.41 Å². The van der Waals surface area contributed by atoms with Crippen LogP contribution in [-0.4, -0.2) is 5.96 Å². The Bertz CT molecular complexity index is 1300. The van der Waals surface area contributed by atoms with Gasteiger partial charge in [0.15, 0.2) is 5.96 Å². The Hall–Kier alpha value is -3.73. The molecule has 0 bridgehead atoms. The van der Waals surface area contributed by atoms with Crippen LogP contribution in [0.3, 0.4) is 0 Å². The van der Waals surface area contributed by atoms with Crippen molar-refractivity contribution in [2.75, 3.05) is 16.4 Å². The van der Waals surface area contributed by atoms with Crippen LogP contribution in [0.25, 0.3) is 21.5 Å². The number of rotatable bonds is 2. The van der Waals surface area contributed by atoms with Gasteiger partial charge in [0.2, 0.25) is 0 Å². The summed E-state index contributed by atoms with van der Waals surface area (Å²) in [6.07, 6.45) is 4.00. The summed E-state index contributed by atoms with van der Waals surface area (Å²) in [5.74, 6) is -0.0919. The number of benzene rings is 4. The van der Waals surface area contributed by atoms with Crippen molar-refractivity contribution in [1.82, 2.24) is 0 Å². The fourth-order valence-corrected chi connectivity index (χ4v) is 5.52. The molecule has 6 rings (SSSR count). The number of aryl methyl sites for hydroxylation is 4. The van der Waals surface area contributed by atoms with Gasteiger partial charge in [0.1, 0.15) is 0 Å². The van der Waals surface area contributed by atoms with Crippen LogP contribution in [0.1, 0.15) is 22.3 Å². The molecule has 0 unspecified atom stereocenters. The zero-order chi connectivity index (χ0) is 20.6. The maximum Gasteiger partial charge on any atom is 0.197 e. The normalized spacial score (nSPS) is 14.0. The van der Waals surface area contributed by atoms with E-state index in [2.05, 4.69) is 36.4 Å². The molecule has 4 aromatic rings. The molecule has 7 N–H and O–H groups in total. The molecule has 0 radical (unpaired) electrons. The molecule has 0 atom stereocenters. The van der Waals surface area contributed by atoms with E-state index < -0.39 is 0 Å². The Morgan fingerprint density at radius 1 is 0.700 bits per heavy atom. The van der Waals surface area contributed by atoms with Gasteiger partial charge in [0.25, 0.3) is 0 Å². The van der Waals surface area contributed by atoms with Crippen LogP contribution in [0.5, 0.6) is 0 Å². The van der Waals surface area contributed by atoms with Gasteiger partial charge in [-0.05, 0) is 70.8 Å². The molecule has 5 nitrogen and oxygen atoms in total. The Balaban J connectivity index is 1.73. The zero-order valence-corrected chi connectivity index (χ0v) is 16.6. The maximum atomic E-state index is 8.51. The molecule has 0 aromatic heterocycles. The number of hydrogen-bond acceptors (Lipinski definition) is 3. The van der Waals surface area contributed by atoms with Crippen molar-refractivity contribution < 1.29 is 0 Å². The van der Waals surface area contributed by atoms with Crippen molar-refractivity contribution in [3.05, 3.63) is 70.8 Å². The van der Waals surface area contributed by atoms with E-state index in [1.807, 2.05) is 12.1 Å². The Morgan fingerprint density at radius 3 is 1.57 bits per heavy atom. The summed E-state index contributed by atoms with van der Waals surface area (Å²) >= 11 is 0. The number of hydrogen-bond donors (Lipinski definition) is 4. The lowest BCUT2D eigenvalue weighted by molar-refractivity contribution is 1.02. The van der Waals surface area contributed by atoms with Gasteiger partial charge in [-0.25, -0.2) is 0 Å². The lowest BCUT2D eigenvalue weighted by Gasteiger charge is -2.29. The number of nitrogens with zero attached hydrogens (tertiary/aromatic N) is 1. The van der Waals surface area contributed by atoms with E-state index in [1.54, 1.807) is 4.90 Å². The summed E-state index contributed by atoms with van der Waals surface area (Å²) in [4.78, 5) is 1.74. The lowest BCUT2D eigenvalue weighted by atomic mass is 9.98. The first-order valence-corrected chi connectivity index (χ1v) is 10.3. The summed E-state index contributed by atoms with van der Waals surface area (Å²) in [5, 5.41) is 13.0. The molecular formula is C25H23N5. The summed E-state index contributed by atoms with van der Waals surface area (Å²) in [7, 11) is 0. The topological polar surface area (TPSA) is 105 Å². The number of anilines is 4. The lowest BCUT2D eigenvalue weighted by Crippen LogP contribution is -2.34. The first-order valence-electron chi connectivity index (χ1n) is 10.3. The minimum atomic E-state index is -0.0919. The molecule has 0 spiro atoms. The van der Waals surface area contributed by atoms with Gasteiger partial charge < -0.3 is 17.2 Å². The molecule has 4 aromatic carbocycles. The van der Waals surface area contributed by atoms with Crippen molar-refractivity contribution >= 4 is 50.3 Å². The summed E-state index contributed by atoms with van der Waals surface area (Å²) in [6.45, 7) is 0. The number of nitrogen functional groups attached to an aromatic ring is 2. The summed E-state index contributed by atoms with van der Waals surface area (Å²) in [5.41, 5.74) is 27.3. The Labute approximate surface area is 174 Å². The first-order chi connectivity index (χ1) is 14.5. The average molecular weight is 393 g/mol. The van der Waals surface area contributed by atoms with Gasteiger partial charge in [0, 0.05) is 10.8 Å². The van der Waals surface area contributed by atoms with E-state index in [1.165, 1.54) is 33.0 Å². The van der Waals surface area contributed by atoms with Gasteiger partial charge in [-0.1, -0.05) is 36.4 Å². The third-order valence-corrected chi connectivity index (χ3v) is 6.68. The second-order valence-electron chi connectivity index (χ2n) is 8.35. The first kappa shape index (κ1) is 17.2. The van der Waals surface area contributed by atoms with E-state index in [-0.39, 0.29) is 5.96 Å². The SMILES string of the molecule is N=C(N)N(c1c(N)cc2c3c(cccc13)CC2)c1c(N)cc2c3c(cccc13)CC2. The van der Waals surface area contributed by atoms with Crippen LogP contribution in [0.15, 0.2) is 48.5 Å². The van der Waals surface area contributed by atoms with E-state index in [4.69, 9.17) is 22.6 Å². The quantitative estimate of drug-likeness (QED) is 0.230. The van der Waals surface area contributed by atoms with Gasteiger partial charge >= 0.3 is 0 Å². The van der Waals surface area contributed by atoms with Crippen LogP contribution in [-0.2, 0) is 25.7 Å². The van der Waals surface area contributed by atoms with Gasteiger partial charge in [0.05, 0.1) is 22.7 Å². The summed E-state index contributed by atoms with van der Waals surface area (Å²) in [6, 6.07) is 16.7. The second-order valence-corrected chi connectivity index (χ2v) is 8.35. The van der Waals surface area contributed by atoms with Crippen molar-refractivity contribution in [2.24, 2.45) is 5.73 Å². The van der Waals surface area contributed by atoms with E-state index in [9.17, 15) is 0 Å². The maximum absolute atomic E-state index is 8.51. The van der Waals surface area contributed by atoms with Gasteiger partial charge in [-0.15, -0.1) is 0 Å². The largest absolute Gasteiger partial charge is 0.397 e. The molecule has 2 aliphatic carbocycles. The fourth-order valence-electron chi connectivity index (χ4n) is 5.52. The highest BCUT2D eigenvalue weighted by atomic mass is 15.3. The van der Waals surface area contributed by atoms with E-state index in [0.29, 0.717) is 11.4 Å². The van der Waals surface area contributed by atoms with Crippen LogP contribution < -0.4 is 22.1 Å². The van der Waals surface area contributed by atoms with E-state index >= 15 is 0 Å².